The molecule has 0 bridgehead atoms. The van der Waals surface area contributed by atoms with Crippen LogP contribution in [0.25, 0.3) is 10.8 Å². The van der Waals surface area contributed by atoms with E-state index in [9.17, 15) is 8.42 Å². The van der Waals surface area contributed by atoms with Crippen LogP contribution in [0.15, 0.2) is 71.6 Å². The van der Waals surface area contributed by atoms with Gasteiger partial charge in [-0.1, -0.05) is 60.2 Å². The molecule has 1 atom stereocenters. The van der Waals surface area contributed by atoms with E-state index in [1.807, 2.05) is 30.3 Å². The van der Waals surface area contributed by atoms with E-state index < -0.39 is 10.0 Å². The number of ether oxygens (including phenoxy) is 1. The molecule has 1 saturated heterocycles. The first-order valence-corrected chi connectivity index (χ1v) is 11.4. The Hall–Kier alpha value is -2.25. The number of hydrogen-bond donors (Lipinski definition) is 1. The molecular weight excluding hydrogens is 384 g/mol. The average molecular weight is 411 g/mol. The van der Waals surface area contributed by atoms with Gasteiger partial charge in [-0.3, -0.25) is 4.90 Å². The minimum atomic E-state index is -3.61. The molecule has 5 nitrogen and oxygen atoms in total. The molecule has 1 aliphatic heterocycles. The van der Waals surface area contributed by atoms with Crippen molar-refractivity contribution < 1.29 is 13.2 Å². The maximum absolute atomic E-state index is 13.0. The summed E-state index contributed by atoms with van der Waals surface area (Å²) in [5, 5.41) is 1.94. The fourth-order valence-electron chi connectivity index (χ4n) is 3.74. The van der Waals surface area contributed by atoms with Gasteiger partial charge >= 0.3 is 0 Å². The zero-order chi connectivity index (χ0) is 20.3. The topological polar surface area (TPSA) is 58.6 Å². The number of nitrogens with zero attached hydrogens (tertiary/aromatic N) is 1. The van der Waals surface area contributed by atoms with E-state index in [0.29, 0.717) is 24.7 Å². The maximum atomic E-state index is 13.0. The zero-order valence-electron chi connectivity index (χ0n) is 16.5. The normalized spacial score (nSPS) is 16.7. The second kappa shape index (κ2) is 8.63. The third-order valence-corrected chi connectivity index (χ3v) is 6.87. The minimum absolute atomic E-state index is 0.0327. The van der Waals surface area contributed by atoms with Crippen LogP contribution in [-0.2, 0) is 14.8 Å². The number of aryl methyl sites for hydroxylation is 1. The molecule has 1 N–H and O–H groups in total. The minimum Gasteiger partial charge on any atom is -0.379 e. The second-order valence-electron chi connectivity index (χ2n) is 7.44. The van der Waals surface area contributed by atoms with Crippen LogP contribution in [0.5, 0.6) is 0 Å². The van der Waals surface area contributed by atoms with Crippen LogP contribution in [0.4, 0.5) is 0 Å². The van der Waals surface area contributed by atoms with Gasteiger partial charge < -0.3 is 4.74 Å². The maximum Gasteiger partial charge on any atom is 0.240 e. The molecule has 6 heteroatoms. The predicted molar refractivity (Wildman–Crippen MR) is 115 cm³/mol. The first kappa shape index (κ1) is 20.0. The molecule has 0 radical (unpaired) electrons. The summed E-state index contributed by atoms with van der Waals surface area (Å²) < 4.78 is 34.3. The Morgan fingerprint density at radius 3 is 2.38 bits per heavy atom. The van der Waals surface area contributed by atoms with Crippen molar-refractivity contribution >= 4 is 20.8 Å². The SMILES string of the molecule is Cc1ccc([C@H](CNS(=O)(=O)c2ccc3ccccc3c2)N2CCOCC2)cc1. The molecule has 0 spiro atoms. The second-order valence-corrected chi connectivity index (χ2v) is 9.20. The summed E-state index contributed by atoms with van der Waals surface area (Å²) in [5.41, 5.74) is 2.30. The molecule has 3 aromatic carbocycles. The van der Waals surface area contributed by atoms with E-state index in [-0.39, 0.29) is 6.04 Å². The first-order chi connectivity index (χ1) is 14.0. The standard InChI is InChI=1S/C23H26N2O3S/c1-18-6-8-20(9-7-18)23(25-12-14-28-15-13-25)17-24-29(26,27)22-11-10-19-4-2-3-5-21(19)16-22/h2-11,16,23-24H,12-15,17H2,1H3/t23-/m0/s1. The summed E-state index contributed by atoms with van der Waals surface area (Å²) >= 11 is 0. The molecule has 4 rings (SSSR count). The molecule has 3 aromatic rings. The van der Waals surface area contributed by atoms with E-state index >= 15 is 0 Å². The molecule has 29 heavy (non-hydrogen) atoms. The van der Waals surface area contributed by atoms with Gasteiger partial charge in [0.05, 0.1) is 18.1 Å². The largest absolute Gasteiger partial charge is 0.379 e. The highest BCUT2D eigenvalue weighted by Crippen LogP contribution is 2.24. The lowest BCUT2D eigenvalue weighted by atomic mass is 10.0. The third kappa shape index (κ3) is 4.67. The molecule has 0 aliphatic carbocycles. The number of rotatable bonds is 6. The van der Waals surface area contributed by atoms with Crippen molar-refractivity contribution in [2.75, 3.05) is 32.8 Å². The summed E-state index contributed by atoms with van der Waals surface area (Å²) in [6, 6.07) is 21.3. The van der Waals surface area contributed by atoms with Gasteiger partial charge in [0.2, 0.25) is 10.0 Å². The van der Waals surface area contributed by atoms with Crippen LogP contribution in [0.2, 0.25) is 0 Å². The summed E-state index contributed by atoms with van der Waals surface area (Å²) in [4.78, 5) is 2.58. The number of fused-ring (bicyclic) bond motifs is 1. The monoisotopic (exact) mass is 410 g/mol. The molecule has 1 aliphatic rings. The van der Waals surface area contributed by atoms with E-state index in [2.05, 4.69) is 40.8 Å². The van der Waals surface area contributed by atoms with Crippen LogP contribution in [0, 0.1) is 6.92 Å². The highest BCUT2D eigenvalue weighted by molar-refractivity contribution is 7.89. The molecular formula is C23H26N2O3S. The lowest BCUT2D eigenvalue weighted by Crippen LogP contribution is -2.43. The summed E-state index contributed by atoms with van der Waals surface area (Å²) in [6.07, 6.45) is 0. The fourth-order valence-corrected chi connectivity index (χ4v) is 4.82. The molecule has 152 valence electrons. The predicted octanol–water partition coefficient (Wildman–Crippen LogP) is 3.50. The van der Waals surface area contributed by atoms with Gasteiger partial charge in [-0.05, 0) is 35.4 Å². The smallest absolute Gasteiger partial charge is 0.240 e. The summed E-state index contributed by atoms with van der Waals surface area (Å²) in [6.45, 7) is 5.28. The highest BCUT2D eigenvalue weighted by atomic mass is 32.2. The van der Waals surface area contributed by atoms with Crippen molar-refractivity contribution in [3.05, 3.63) is 77.9 Å². The van der Waals surface area contributed by atoms with Crippen molar-refractivity contribution in [1.82, 2.24) is 9.62 Å². The van der Waals surface area contributed by atoms with Crippen LogP contribution in [0.1, 0.15) is 17.2 Å². The Balaban J connectivity index is 1.57. The lowest BCUT2D eigenvalue weighted by molar-refractivity contribution is 0.0172. The third-order valence-electron chi connectivity index (χ3n) is 5.45. The number of morpholine rings is 1. The Labute approximate surface area is 172 Å². The molecule has 1 heterocycles. The molecule has 0 aromatic heterocycles. The highest BCUT2D eigenvalue weighted by Gasteiger charge is 2.25. The Morgan fingerprint density at radius 1 is 0.966 bits per heavy atom. The van der Waals surface area contributed by atoms with Crippen LogP contribution < -0.4 is 4.72 Å². The average Bonchev–Trinajstić information content (AvgIpc) is 2.75. The van der Waals surface area contributed by atoms with Crippen molar-refractivity contribution in [2.45, 2.75) is 17.9 Å². The zero-order valence-corrected chi connectivity index (χ0v) is 17.4. The number of benzene rings is 3. The molecule has 0 unspecified atom stereocenters. The summed E-state index contributed by atoms with van der Waals surface area (Å²) in [7, 11) is -3.61. The Bertz CT molecular complexity index is 1070. The van der Waals surface area contributed by atoms with Gasteiger partial charge in [0.15, 0.2) is 0 Å². The van der Waals surface area contributed by atoms with E-state index in [1.54, 1.807) is 12.1 Å². The van der Waals surface area contributed by atoms with Crippen molar-refractivity contribution in [3.63, 3.8) is 0 Å². The molecule has 0 saturated carbocycles. The molecule has 1 fully saturated rings. The number of sulfonamides is 1. The quantitative estimate of drug-likeness (QED) is 0.676. The first-order valence-electron chi connectivity index (χ1n) is 9.90. The fraction of sp³-hybridized carbons (Fsp3) is 0.304. The van der Waals surface area contributed by atoms with Gasteiger partial charge in [0, 0.05) is 25.7 Å². The Kier molecular flexibility index (Phi) is 5.96. The summed E-state index contributed by atoms with van der Waals surface area (Å²) in [5.74, 6) is 0. The van der Waals surface area contributed by atoms with E-state index in [4.69, 9.17) is 4.74 Å². The van der Waals surface area contributed by atoms with Crippen LogP contribution in [-0.4, -0.2) is 46.2 Å². The van der Waals surface area contributed by atoms with Gasteiger partial charge in [0.25, 0.3) is 0 Å². The van der Waals surface area contributed by atoms with Gasteiger partial charge in [-0.15, -0.1) is 0 Å². The van der Waals surface area contributed by atoms with Crippen molar-refractivity contribution in [2.24, 2.45) is 0 Å². The van der Waals surface area contributed by atoms with Crippen LogP contribution >= 0.6 is 0 Å². The Morgan fingerprint density at radius 2 is 1.66 bits per heavy atom. The van der Waals surface area contributed by atoms with Crippen LogP contribution in [0.3, 0.4) is 0 Å². The number of hydrogen-bond acceptors (Lipinski definition) is 4. The van der Waals surface area contributed by atoms with Crippen molar-refractivity contribution in [1.29, 1.82) is 0 Å². The number of nitrogens with one attached hydrogen (secondary N) is 1. The van der Waals surface area contributed by atoms with Gasteiger partial charge in [-0.2, -0.15) is 0 Å². The molecule has 0 amide bonds. The lowest BCUT2D eigenvalue weighted by Gasteiger charge is -2.35. The van der Waals surface area contributed by atoms with Gasteiger partial charge in [0.1, 0.15) is 0 Å². The van der Waals surface area contributed by atoms with E-state index in [0.717, 1.165) is 29.4 Å². The van der Waals surface area contributed by atoms with Crippen molar-refractivity contribution in [3.8, 4) is 0 Å². The van der Waals surface area contributed by atoms with E-state index in [1.165, 1.54) is 5.56 Å². The van der Waals surface area contributed by atoms with Gasteiger partial charge in [-0.25, -0.2) is 13.1 Å².